The summed E-state index contributed by atoms with van der Waals surface area (Å²) < 4.78 is 11.9. The SMILES string of the molecule is C=CCN1CC[C@@]23c4c5c(-c6ccoc6)cc(C)c4O[C@@H]2C(=O)CCC3C1C5. The fourth-order valence-electron chi connectivity index (χ4n) is 6.74. The highest BCUT2D eigenvalue weighted by molar-refractivity contribution is 5.90. The molecule has 4 heteroatoms. The Morgan fingerprint density at radius 3 is 3.11 bits per heavy atom. The fourth-order valence-corrected chi connectivity index (χ4v) is 6.74. The van der Waals surface area contributed by atoms with Gasteiger partial charge < -0.3 is 9.15 Å². The van der Waals surface area contributed by atoms with Crippen molar-refractivity contribution in [2.75, 3.05) is 13.1 Å². The number of nitrogens with zero attached hydrogens (tertiary/aromatic N) is 1. The minimum Gasteiger partial charge on any atom is -0.481 e. The number of ketones is 1. The van der Waals surface area contributed by atoms with Gasteiger partial charge in [-0.25, -0.2) is 0 Å². The summed E-state index contributed by atoms with van der Waals surface area (Å²) in [6.45, 7) is 8.01. The zero-order valence-corrected chi connectivity index (χ0v) is 16.2. The van der Waals surface area contributed by atoms with Crippen LogP contribution in [0.25, 0.3) is 11.1 Å². The van der Waals surface area contributed by atoms with Gasteiger partial charge in [0.05, 0.1) is 12.5 Å². The van der Waals surface area contributed by atoms with E-state index in [-0.39, 0.29) is 11.5 Å². The van der Waals surface area contributed by atoms with Gasteiger partial charge in [0.1, 0.15) is 5.75 Å². The smallest absolute Gasteiger partial charge is 0.174 e. The average Bonchev–Trinajstić information content (AvgIpc) is 3.32. The topological polar surface area (TPSA) is 42.7 Å². The van der Waals surface area contributed by atoms with Crippen LogP contribution in [0.15, 0.2) is 41.7 Å². The Bertz CT molecular complexity index is 992. The molecule has 6 rings (SSSR count). The lowest BCUT2D eigenvalue weighted by Crippen LogP contribution is -2.66. The molecule has 4 atom stereocenters. The molecular weight excluding hydrogens is 350 g/mol. The second-order valence-corrected chi connectivity index (χ2v) is 8.89. The monoisotopic (exact) mass is 375 g/mol. The van der Waals surface area contributed by atoms with Crippen LogP contribution in [0.3, 0.4) is 0 Å². The van der Waals surface area contributed by atoms with Crippen LogP contribution in [0.5, 0.6) is 5.75 Å². The number of rotatable bonds is 3. The number of piperidine rings is 1. The predicted octanol–water partition coefficient (Wildman–Crippen LogP) is 4.05. The Morgan fingerprint density at radius 2 is 2.32 bits per heavy atom. The molecule has 1 aromatic carbocycles. The van der Waals surface area contributed by atoms with E-state index in [1.54, 1.807) is 6.26 Å². The molecule has 2 unspecified atom stereocenters. The number of hydrogen-bond acceptors (Lipinski definition) is 4. The van der Waals surface area contributed by atoms with Crippen molar-refractivity contribution in [1.29, 1.82) is 0 Å². The lowest BCUT2D eigenvalue weighted by Gasteiger charge is -2.57. The van der Waals surface area contributed by atoms with Crippen LogP contribution in [0.4, 0.5) is 0 Å². The lowest BCUT2D eigenvalue weighted by molar-refractivity contribution is -0.138. The molecule has 4 nitrogen and oxygen atoms in total. The molecular formula is C24H25NO3. The van der Waals surface area contributed by atoms with Gasteiger partial charge in [0, 0.05) is 35.5 Å². The minimum atomic E-state index is -0.299. The van der Waals surface area contributed by atoms with Crippen molar-refractivity contribution in [3.05, 3.63) is 54.0 Å². The van der Waals surface area contributed by atoms with Crippen LogP contribution in [-0.4, -0.2) is 35.9 Å². The molecule has 28 heavy (non-hydrogen) atoms. The van der Waals surface area contributed by atoms with E-state index in [9.17, 15) is 4.79 Å². The molecule has 2 aromatic rings. The first kappa shape index (κ1) is 16.6. The molecule has 1 aromatic heterocycles. The number of likely N-dealkylation sites (tertiary alicyclic amines) is 1. The van der Waals surface area contributed by atoms with Gasteiger partial charge in [-0.05, 0) is 67.5 Å². The summed E-state index contributed by atoms with van der Waals surface area (Å²) in [5.74, 6) is 1.76. The molecule has 1 saturated heterocycles. The molecule has 0 amide bonds. The first-order chi connectivity index (χ1) is 13.6. The highest BCUT2D eigenvalue weighted by atomic mass is 16.5. The normalized spacial score (nSPS) is 32.8. The number of hydrogen-bond donors (Lipinski definition) is 0. The molecule has 2 aliphatic carbocycles. The molecule has 0 N–H and O–H groups in total. The molecule has 2 aliphatic heterocycles. The van der Waals surface area contributed by atoms with Gasteiger partial charge in [-0.2, -0.15) is 0 Å². The maximum Gasteiger partial charge on any atom is 0.174 e. The number of furan rings is 1. The van der Waals surface area contributed by atoms with E-state index in [1.807, 2.05) is 18.4 Å². The maximum atomic E-state index is 13.0. The van der Waals surface area contributed by atoms with Crippen LogP contribution in [-0.2, 0) is 16.6 Å². The van der Waals surface area contributed by atoms with Gasteiger partial charge in [-0.1, -0.05) is 6.08 Å². The summed E-state index contributed by atoms with van der Waals surface area (Å²) >= 11 is 0. The molecule has 3 heterocycles. The van der Waals surface area contributed by atoms with Crippen LogP contribution in [0, 0.1) is 12.8 Å². The molecule has 4 aliphatic rings. The predicted molar refractivity (Wildman–Crippen MR) is 107 cm³/mol. The lowest BCUT2D eigenvalue weighted by atomic mass is 9.51. The van der Waals surface area contributed by atoms with E-state index >= 15 is 0 Å². The third kappa shape index (κ3) is 1.87. The van der Waals surface area contributed by atoms with Crippen molar-refractivity contribution in [2.45, 2.75) is 50.2 Å². The van der Waals surface area contributed by atoms with E-state index < -0.39 is 0 Å². The second kappa shape index (κ2) is 5.60. The molecule has 1 saturated carbocycles. The number of carbonyl (C=O) groups is 1. The largest absolute Gasteiger partial charge is 0.481 e. The van der Waals surface area contributed by atoms with E-state index in [0.717, 1.165) is 49.2 Å². The number of aryl methyl sites for hydroxylation is 1. The number of Topliss-reactive ketones (excluding diaryl/α,β-unsaturated/α-hetero) is 1. The molecule has 1 spiro atoms. The summed E-state index contributed by atoms with van der Waals surface area (Å²) in [5.41, 5.74) is 6.07. The zero-order chi connectivity index (χ0) is 19.0. The van der Waals surface area contributed by atoms with Crippen LogP contribution in [0.2, 0.25) is 0 Å². The van der Waals surface area contributed by atoms with Gasteiger partial charge in [-0.3, -0.25) is 9.69 Å². The first-order valence-electron chi connectivity index (χ1n) is 10.4. The van der Waals surface area contributed by atoms with Crippen molar-refractivity contribution in [1.82, 2.24) is 4.90 Å². The highest BCUT2D eigenvalue weighted by Crippen LogP contribution is 2.63. The van der Waals surface area contributed by atoms with Gasteiger partial charge >= 0.3 is 0 Å². The Morgan fingerprint density at radius 1 is 1.43 bits per heavy atom. The summed E-state index contributed by atoms with van der Waals surface area (Å²) in [7, 11) is 0. The standard InChI is InChI=1S/C24H25NO3/c1-3-8-25-9-7-24-18-4-5-20(26)23(24)28-22-14(2)11-16(15-6-10-27-13-15)17(21(22)24)12-19(18)25/h3,6,10-11,13,18-19,23H,1,4-5,7-9,12H2,2H3/t18?,19?,23-,24-/m1/s1. The molecule has 2 fully saturated rings. The number of ether oxygens (including phenoxy) is 1. The summed E-state index contributed by atoms with van der Waals surface area (Å²) in [6.07, 6.45) is 8.91. The van der Waals surface area contributed by atoms with Gasteiger partial charge in [-0.15, -0.1) is 6.58 Å². The summed E-state index contributed by atoms with van der Waals surface area (Å²) in [5, 5.41) is 0. The molecule has 144 valence electrons. The third-order valence-corrected chi connectivity index (χ3v) is 7.75. The Kier molecular flexibility index (Phi) is 3.32. The van der Waals surface area contributed by atoms with Crippen molar-refractivity contribution in [3.63, 3.8) is 0 Å². The van der Waals surface area contributed by atoms with Gasteiger partial charge in [0.2, 0.25) is 0 Å². The first-order valence-corrected chi connectivity index (χ1v) is 10.4. The second-order valence-electron chi connectivity index (χ2n) is 8.89. The Hall–Kier alpha value is -2.33. The van der Waals surface area contributed by atoms with Crippen molar-refractivity contribution in [2.24, 2.45) is 5.92 Å². The van der Waals surface area contributed by atoms with Crippen molar-refractivity contribution >= 4 is 5.78 Å². The Labute approximate surface area is 165 Å². The average molecular weight is 375 g/mol. The van der Waals surface area contributed by atoms with Crippen LogP contribution in [0.1, 0.15) is 36.0 Å². The number of carbonyl (C=O) groups excluding carboxylic acids is 1. The van der Waals surface area contributed by atoms with Gasteiger partial charge in [0.15, 0.2) is 11.9 Å². The quantitative estimate of drug-likeness (QED) is 0.759. The summed E-state index contributed by atoms with van der Waals surface area (Å²) in [6, 6.07) is 4.71. The molecule has 0 radical (unpaired) electrons. The van der Waals surface area contributed by atoms with Crippen molar-refractivity contribution in [3.8, 4) is 16.9 Å². The highest BCUT2D eigenvalue weighted by Gasteiger charge is 2.65. The van der Waals surface area contributed by atoms with E-state index in [1.165, 1.54) is 16.7 Å². The van der Waals surface area contributed by atoms with Crippen molar-refractivity contribution < 1.29 is 13.9 Å². The number of benzene rings is 1. The Balaban J connectivity index is 1.64. The minimum absolute atomic E-state index is 0.148. The summed E-state index contributed by atoms with van der Waals surface area (Å²) in [4.78, 5) is 15.6. The van der Waals surface area contributed by atoms with Crippen LogP contribution < -0.4 is 4.74 Å². The zero-order valence-electron chi connectivity index (χ0n) is 16.2. The third-order valence-electron chi connectivity index (χ3n) is 7.75. The van der Waals surface area contributed by atoms with E-state index in [0.29, 0.717) is 24.2 Å². The fraction of sp³-hybridized carbons (Fsp3) is 0.458. The van der Waals surface area contributed by atoms with Crippen LogP contribution >= 0.6 is 0 Å². The maximum absolute atomic E-state index is 13.0. The van der Waals surface area contributed by atoms with Gasteiger partial charge in [0.25, 0.3) is 0 Å². The van der Waals surface area contributed by atoms with E-state index in [4.69, 9.17) is 9.15 Å². The van der Waals surface area contributed by atoms with E-state index in [2.05, 4.69) is 24.5 Å². The molecule has 2 bridgehead atoms.